The molecule has 18 heavy (non-hydrogen) atoms. The largest absolute Gasteiger partial charge is 0.330 e. The molecule has 0 aromatic heterocycles. The van der Waals surface area contributed by atoms with E-state index in [2.05, 4.69) is 0 Å². The average Bonchev–Trinajstić information content (AvgIpc) is 2.40. The molecule has 3 heteroatoms. The first-order valence-corrected chi connectivity index (χ1v) is 5.87. The van der Waals surface area contributed by atoms with Gasteiger partial charge in [-0.05, 0) is 17.7 Å². The minimum Gasteiger partial charge on any atom is -0.330 e. The highest BCUT2D eigenvalue weighted by Gasteiger charge is 2.29. The van der Waals surface area contributed by atoms with E-state index >= 15 is 0 Å². The molecular formula is C15H15F2N. The van der Waals surface area contributed by atoms with Crippen LogP contribution in [-0.2, 0) is 5.92 Å². The summed E-state index contributed by atoms with van der Waals surface area (Å²) in [6, 6.07) is 16.0. The Kier molecular flexibility index (Phi) is 3.72. The van der Waals surface area contributed by atoms with Gasteiger partial charge in [0.15, 0.2) is 0 Å². The van der Waals surface area contributed by atoms with E-state index < -0.39 is 5.92 Å². The minimum atomic E-state index is -2.84. The van der Waals surface area contributed by atoms with Crippen molar-refractivity contribution in [3.8, 4) is 11.1 Å². The van der Waals surface area contributed by atoms with E-state index in [0.29, 0.717) is 0 Å². The molecular weight excluding hydrogens is 232 g/mol. The van der Waals surface area contributed by atoms with Crippen molar-refractivity contribution in [2.24, 2.45) is 5.73 Å². The molecule has 0 aliphatic heterocycles. The number of benzene rings is 2. The summed E-state index contributed by atoms with van der Waals surface area (Å²) >= 11 is 0. The molecule has 0 spiro atoms. The van der Waals surface area contributed by atoms with Crippen LogP contribution in [0.4, 0.5) is 8.78 Å². The van der Waals surface area contributed by atoms with E-state index in [4.69, 9.17) is 5.73 Å². The van der Waals surface area contributed by atoms with Crippen LogP contribution >= 0.6 is 0 Å². The summed E-state index contributed by atoms with van der Waals surface area (Å²) in [4.78, 5) is 0. The number of nitrogens with two attached hydrogens (primary N) is 1. The van der Waals surface area contributed by atoms with E-state index in [1.165, 1.54) is 12.1 Å². The number of hydrogen-bond acceptors (Lipinski definition) is 1. The molecule has 0 atom stereocenters. The Balaban J connectivity index is 2.26. The van der Waals surface area contributed by atoms with Crippen molar-refractivity contribution in [3.63, 3.8) is 0 Å². The maximum Gasteiger partial charge on any atom is 0.274 e. The van der Waals surface area contributed by atoms with Crippen LogP contribution in [0, 0.1) is 0 Å². The lowest BCUT2D eigenvalue weighted by Crippen LogP contribution is -2.18. The summed E-state index contributed by atoms with van der Waals surface area (Å²) in [5, 5.41) is 0. The Bertz CT molecular complexity index is 492. The predicted molar refractivity (Wildman–Crippen MR) is 69.4 cm³/mol. The molecule has 0 amide bonds. The minimum absolute atomic E-state index is 0.0204. The lowest BCUT2D eigenvalue weighted by Gasteiger charge is -2.16. The zero-order valence-corrected chi connectivity index (χ0v) is 9.94. The molecule has 2 aromatic rings. The number of hydrogen-bond donors (Lipinski definition) is 1. The fourth-order valence-electron chi connectivity index (χ4n) is 1.86. The first-order valence-electron chi connectivity index (χ1n) is 5.87. The quantitative estimate of drug-likeness (QED) is 0.873. The van der Waals surface area contributed by atoms with Crippen molar-refractivity contribution in [1.82, 2.24) is 0 Å². The van der Waals surface area contributed by atoms with Crippen LogP contribution in [0.25, 0.3) is 11.1 Å². The molecule has 0 bridgehead atoms. The number of rotatable bonds is 4. The zero-order chi connectivity index (χ0) is 13.0. The van der Waals surface area contributed by atoms with E-state index in [9.17, 15) is 8.78 Å². The van der Waals surface area contributed by atoms with E-state index in [0.717, 1.165) is 11.1 Å². The summed E-state index contributed by atoms with van der Waals surface area (Å²) in [6.45, 7) is -0.0204. The average molecular weight is 247 g/mol. The van der Waals surface area contributed by atoms with Crippen molar-refractivity contribution in [3.05, 3.63) is 60.2 Å². The SMILES string of the molecule is NCCC(F)(F)c1ccc(-c2ccccc2)cc1. The molecule has 2 rings (SSSR count). The lowest BCUT2D eigenvalue weighted by atomic mass is 10.0. The van der Waals surface area contributed by atoms with Crippen LogP contribution in [0.5, 0.6) is 0 Å². The van der Waals surface area contributed by atoms with Crippen LogP contribution in [0.2, 0.25) is 0 Å². The normalized spacial score (nSPS) is 11.5. The maximum absolute atomic E-state index is 13.6. The van der Waals surface area contributed by atoms with Crippen molar-refractivity contribution >= 4 is 0 Å². The van der Waals surface area contributed by atoms with E-state index in [1.54, 1.807) is 12.1 Å². The summed E-state index contributed by atoms with van der Waals surface area (Å²) in [5.74, 6) is -2.84. The molecule has 2 N–H and O–H groups in total. The first kappa shape index (κ1) is 12.7. The highest BCUT2D eigenvalue weighted by Crippen LogP contribution is 2.32. The van der Waals surface area contributed by atoms with Crippen molar-refractivity contribution in [1.29, 1.82) is 0 Å². The standard InChI is InChI=1S/C15H15F2N/c16-15(17,10-11-18)14-8-6-13(7-9-14)12-4-2-1-3-5-12/h1-9H,10-11,18H2. The smallest absolute Gasteiger partial charge is 0.274 e. The fourth-order valence-corrected chi connectivity index (χ4v) is 1.86. The van der Waals surface area contributed by atoms with Gasteiger partial charge in [0, 0.05) is 12.0 Å². The molecule has 0 saturated heterocycles. The zero-order valence-electron chi connectivity index (χ0n) is 9.94. The molecule has 0 unspecified atom stereocenters. The summed E-state index contributed by atoms with van der Waals surface area (Å²) in [6.07, 6.45) is -0.322. The molecule has 0 radical (unpaired) electrons. The molecule has 0 aliphatic rings. The Morgan fingerprint density at radius 2 is 1.39 bits per heavy atom. The van der Waals surface area contributed by atoms with Gasteiger partial charge < -0.3 is 5.73 Å². The number of alkyl halides is 2. The Morgan fingerprint density at radius 3 is 1.94 bits per heavy atom. The third-order valence-electron chi connectivity index (χ3n) is 2.87. The maximum atomic E-state index is 13.6. The monoisotopic (exact) mass is 247 g/mol. The van der Waals surface area contributed by atoms with Gasteiger partial charge in [-0.2, -0.15) is 0 Å². The van der Waals surface area contributed by atoms with Gasteiger partial charge in [0.25, 0.3) is 5.92 Å². The van der Waals surface area contributed by atoms with Crippen LogP contribution in [0.3, 0.4) is 0 Å². The molecule has 0 saturated carbocycles. The summed E-state index contributed by atoms with van der Waals surface area (Å²) < 4.78 is 27.2. The lowest BCUT2D eigenvalue weighted by molar-refractivity contribution is -0.0107. The third kappa shape index (κ3) is 2.74. The van der Waals surface area contributed by atoms with Crippen molar-refractivity contribution < 1.29 is 8.78 Å². The topological polar surface area (TPSA) is 26.0 Å². The second kappa shape index (κ2) is 5.27. The summed E-state index contributed by atoms with van der Waals surface area (Å²) in [7, 11) is 0. The molecule has 2 aromatic carbocycles. The van der Waals surface area contributed by atoms with E-state index in [-0.39, 0.29) is 18.5 Å². The Labute approximate surface area is 105 Å². The van der Waals surface area contributed by atoms with Gasteiger partial charge in [0.1, 0.15) is 0 Å². The van der Waals surface area contributed by atoms with Crippen LogP contribution in [0.1, 0.15) is 12.0 Å². The van der Waals surface area contributed by atoms with Gasteiger partial charge in [-0.25, -0.2) is 8.78 Å². The Hall–Kier alpha value is -1.74. The van der Waals surface area contributed by atoms with Gasteiger partial charge in [-0.3, -0.25) is 0 Å². The molecule has 0 fully saturated rings. The molecule has 0 heterocycles. The fraction of sp³-hybridized carbons (Fsp3) is 0.200. The van der Waals surface area contributed by atoms with Gasteiger partial charge in [0.2, 0.25) is 0 Å². The third-order valence-corrected chi connectivity index (χ3v) is 2.87. The van der Waals surface area contributed by atoms with Gasteiger partial charge in [0.05, 0.1) is 0 Å². The molecule has 1 nitrogen and oxygen atoms in total. The molecule has 0 aliphatic carbocycles. The van der Waals surface area contributed by atoms with Gasteiger partial charge >= 0.3 is 0 Å². The van der Waals surface area contributed by atoms with Gasteiger partial charge in [-0.1, -0.05) is 54.6 Å². The second-order valence-corrected chi connectivity index (χ2v) is 4.19. The Morgan fingerprint density at radius 1 is 0.833 bits per heavy atom. The summed E-state index contributed by atoms with van der Waals surface area (Å²) in [5.41, 5.74) is 7.17. The highest BCUT2D eigenvalue weighted by atomic mass is 19.3. The number of halogens is 2. The van der Waals surface area contributed by atoms with Crippen molar-refractivity contribution in [2.75, 3.05) is 6.54 Å². The van der Waals surface area contributed by atoms with Gasteiger partial charge in [-0.15, -0.1) is 0 Å². The molecule has 94 valence electrons. The van der Waals surface area contributed by atoms with Crippen LogP contribution in [0.15, 0.2) is 54.6 Å². The second-order valence-electron chi connectivity index (χ2n) is 4.19. The van der Waals surface area contributed by atoms with E-state index in [1.807, 2.05) is 30.3 Å². The predicted octanol–water partition coefficient (Wildman–Crippen LogP) is 3.79. The first-order chi connectivity index (χ1) is 8.63. The van der Waals surface area contributed by atoms with Crippen molar-refractivity contribution in [2.45, 2.75) is 12.3 Å². The van der Waals surface area contributed by atoms with Crippen LogP contribution < -0.4 is 5.73 Å². The van der Waals surface area contributed by atoms with Crippen LogP contribution in [-0.4, -0.2) is 6.54 Å². The highest BCUT2D eigenvalue weighted by molar-refractivity contribution is 5.63.